The maximum Gasteiger partial charge on any atom is 0.317 e. The number of piperidine rings is 1. The lowest BCUT2D eigenvalue weighted by molar-refractivity contribution is -0.142. The number of nitrogens with one attached hydrogen (secondary N) is 1. The summed E-state index contributed by atoms with van der Waals surface area (Å²) in [6.07, 6.45) is 3.77. The molecular formula is C15H28N2O3. The first kappa shape index (κ1) is 16.8. The summed E-state index contributed by atoms with van der Waals surface area (Å²) >= 11 is 0. The summed E-state index contributed by atoms with van der Waals surface area (Å²) in [5, 5.41) is 12.0. The maximum absolute atomic E-state index is 12.1. The number of aliphatic carboxylic acids is 1. The van der Waals surface area contributed by atoms with Crippen LogP contribution in [-0.4, -0.2) is 41.1 Å². The van der Waals surface area contributed by atoms with Crippen LogP contribution in [0.5, 0.6) is 0 Å². The fraction of sp³-hybridized carbons (Fsp3) is 0.867. The van der Waals surface area contributed by atoms with Gasteiger partial charge < -0.3 is 15.3 Å². The average Bonchev–Trinajstić information content (AvgIpc) is 2.33. The number of nitrogens with zero attached hydrogens (tertiary/aromatic N) is 1. The highest BCUT2D eigenvalue weighted by atomic mass is 16.4. The number of likely N-dealkylation sites (tertiary alicyclic amines) is 1. The third kappa shape index (κ3) is 5.39. The number of amides is 2. The smallest absolute Gasteiger partial charge is 0.317 e. The van der Waals surface area contributed by atoms with E-state index in [0.29, 0.717) is 6.42 Å². The number of carbonyl (C=O) groups is 2. The molecule has 1 rings (SSSR count). The summed E-state index contributed by atoms with van der Waals surface area (Å²) < 4.78 is 0. The van der Waals surface area contributed by atoms with Gasteiger partial charge >= 0.3 is 12.0 Å². The van der Waals surface area contributed by atoms with Crippen molar-refractivity contribution in [1.29, 1.82) is 0 Å². The van der Waals surface area contributed by atoms with Gasteiger partial charge in [-0.25, -0.2) is 4.79 Å². The third-order valence-electron chi connectivity index (χ3n) is 3.77. The first-order chi connectivity index (χ1) is 9.20. The minimum Gasteiger partial charge on any atom is -0.481 e. The Hall–Kier alpha value is -1.26. The first-order valence-corrected chi connectivity index (χ1v) is 7.48. The SMILES string of the molecule is CC1CCCCN1C(=O)NCC(CC(C)(C)C)C(=O)O. The summed E-state index contributed by atoms with van der Waals surface area (Å²) in [5.41, 5.74) is -0.0633. The van der Waals surface area contributed by atoms with Gasteiger partial charge in [-0.15, -0.1) is 0 Å². The Morgan fingerprint density at radius 2 is 2.00 bits per heavy atom. The number of urea groups is 1. The second-order valence-corrected chi connectivity index (χ2v) is 7.02. The minimum atomic E-state index is -0.841. The molecule has 2 N–H and O–H groups in total. The van der Waals surface area contributed by atoms with Crippen LogP contribution in [-0.2, 0) is 4.79 Å². The fourth-order valence-electron chi connectivity index (χ4n) is 2.70. The number of rotatable bonds is 4. The van der Waals surface area contributed by atoms with E-state index in [1.807, 2.05) is 32.6 Å². The van der Waals surface area contributed by atoms with Crippen LogP contribution in [0.1, 0.15) is 53.4 Å². The summed E-state index contributed by atoms with van der Waals surface area (Å²) in [6, 6.07) is 0.118. The van der Waals surface area contributed by atoms with Gasteiger partial charge in [0.15, 0.2) is 0 Å². The van der Waals surface area contributed by atoms with E-state index in [1.165, 1.54) is 0 Å². The summed E-state index contributed by atoms with van der Waals surface area (Å²) in [4.78, 5) is 25.2. The fourth-order valence-corrected chi connectivity index (χ4v) is 2.70. The predicted octanol–water partition coefficient (Wildman–Crippen LogP) is 2.71. The first-order valence-electron chi connectivity index (χ1n) is 7.48. The zero-order valence-electron chi connectivity index (χ0n) is 13.1. The average molecular weight is 284 g/mol. The van der Waals surface area contributed by atoms with Crippen molar-refractivity contribution < 1.29 is 14.7 Å². The molecule has 1 aliphatic rings. The molecule has 0 aromatic carbocycles. The van der Waals surface area contributed by atoms with E-state index in [9.17, 15) is 14.7 Å². The van der Waals surface area contributed by atoms with Crippen molar-refractivity contribution in [2.75, 3.05) is 13.1 Å². The zero-order valence-corrected chi connectivity index (χ0v) is 13.1. The molecule has 0 aromatic rings. The molecular weight excluding hydrogens is 256 g/mol. The van der Waals surface area contributed by atoms with Crippen LogP contribution in [0.25, 0.3) is 0 Å². The van der Waals surface area contributed by atoms with Crippen LogP contribution >= 0.6 is 0 Å². The van der Waals surface area contributed by atoms with E-state index < -0.39 is 11.9 Å². The van der Waals surface area contributed by atoms with Crippen LogP contribution in [0.15, 0.2) is 0 Å². The molecule has 2 amide bonds. The number of carboxylic acids is 1. The van der Waals surface area contributed by atoms with Crippen molar-refractivity contribution in [2.45, 2.75) is 59.4 Å². The molecule has 1 heterocycles. The maximum atomic E-state index is 12.1. The van der Waals surface area contributed by atoms with E-state index >= 15 is 0 Å². The molecule has 5 heteroatoms. The monoisotopic (exact) mass is 284 g/mol. The molecule has 2 atom stereocenters. The van der Waals surface area contributed by atoms with Crippen molar-refractivity contribution in [1.82, 2.24) is 10.2 Å². The largest absolute Gasteiger partial charge is 0.481 e. The Morgan fingerprint density at radius 3 is 2.50 bits per heavy atom. The standard InChI is InChI=1S/C15H28N2O3/c1-11-7-5-6-8-17(11)14(20)16-10-12(13(18)19)9-15(2,3)4/h11-12H,5-10H2,1-4H3,(H,16,20)(H,18,19). The Kier molecular flexibility index (Phi) is 5.84. The molecule has 5 nitrogen and oxygen atoms in total. The quantitative estimate of drug-likeness (QED) is 0.834. The third-order valence-corrected chi connectivity index (χ3v) is 3.77. The molecule has 20 heavy (non-hydrogen) atoms. The lowest BCUT2D eigenvalue weighted by atomic mass is 9.84. The van der Waals surface area contributed by atoms with Gasteiger partial charge in [-0.05, 0) is 38.0 Å². The number of hydrogen-bond acceptors (Lipinski definition) is 2. The highest BCUT2D eigenvalue weighted by Gasteiger charge is 2.27. The van der Waals surface area contributed by atoms with Gasteiger partial charge in [-0.1, -0.05) is 20.8 Å². The Morgan fingerprint density at radius 1 is 1.35 bits per heavy atom. The van der Waals surface area contributed by atoms with Crippen molar-refractivity contribution >= 4 is 12.0 Å². The molecule has 0 radical (unpaired) electrons. The Bertz CT molecular complexity index is 350. The van der Waals surface area contributed by atoms with E-state index in [-0.39, 0.29) is 24.0 Å². The second kappa shape index (κ2) is 6.95. The van der Waals surface area contributed by atoms with E-state index in [1.54, 1.807) is 0 Å². The van der Waals surface area contributed by atoms with Crippen molar-refractivity contribution in [3.05, 3.63) is 0 Å². The zero-order chi connectivity index (χ0) is 15.3. The van der Waals surface area contributed by atoms with E-state index in [4.69, 9.17) is 0 Å². The number of carbonyl (C=O) groups excluding carboxylic acids is 1. The molecule has 0 bridgehead atoms. The molecule has 2 unspecified atom stereocenters. The van der Waals surface area contributed by atoms with Gasteiger partial charge in [0, 0.05) is 19.1 Å². The number of carboxylic acid groups (broad SMARTS) is 1. The lowest BCUT2D eigenvalue weighted by Crippen LogP contribution is -2.49. The summed E-state index contributed by atoms with van der Waals surface area (Å²) in [6.45, 7) is 9.05. The Balaban J connectivity index is 2.50. The van der Waals surface area contributed by atoms with E-state index in [0.717, 1.165) is 25.8 Å². The van der Waals surface area contributed by atoms with Crippen LogP contribution < -0.4 is 5.32 Å². The highest BCUT2D eigenvalue weighted by Crippen LogP contribution is 2.24. The van der Waals surface area contributed by atoms with E-state index in [2.05, 4.69) is 5.32 Å². The topological polar surface area (TPSA) is 69.6 Å². The molecule has 0 saturated carbocycles. The van der Waals surface area contributed by atoms with Crippen LogP contribution in [0.3, 0.4) is 0 Å². The summed E-state index contributed by atoms with van der Waals surface area (Å²) in [5.74, 6) is -1.37. The minimum absolute atomic E-state index is 0.0633. The van der Waals surface area contributed by atoms with Crippen LogP contribution in [0, 0.1) is 11.3 Å². The van der Waals surface area contributed by atoms with Crippen molar-refractivity contribution in [3.63, 3.8) is 0 Å². The number of hydrogen-bond donors (Lipinski definition) is 2. The highest BCUT2D eigenvalue weighted by molar-refractivity contribution is 5.76. The van der Waals surface area contributed by atoms with Gasteiger partial charge in [0.25, 0.3) is 0 Å². The van der Waals surface area contributed by atoms with Gasteiger partial charge in [-0.3, -0.25) is 4.79 Å². The molecule has 1 saturated heterocycles. The lowest BCUT2D eigenvalue weighted by Gasteiger charge is -2.34. The second-order valence-electron chi connectivity index (χ2n) is 7.02. The molecule has 1 aliphatic heterocycles. The molecule has 116 valence electrons. The van der Waals surface area contributed by atoms with Gasteiger partial charge in [0.1, 0.15) is 0 Å². The van der Waals surface area contributed by atoms with Crippen LogP contribution in [0.2, 0.25) is 0 Å². The van der Waals surface area contributed by atoms with Gasteiger partial charge in [-0.2, -0.15) is 0 Å². The Labute approximate surface area is 121 Å². The van der Waals surface area contributed by atoms with Crippen molar-refractivity contribution in [2.24, 2.45) is 11.3 Å². The molecule has 0 aliphatic carbocycles. The van der Waals surface area contributed by atoms with Crippen LogP contribution in [0.4, 0.5) is 4.79 Å². The van der Waals surface area contributed by atoms with Gasteiger partial charge in [0.05, 0.1) is 5.92 Å². The molecule has 0 aromatic heterocycles. The van der Waals surface area contributed by atoms with Gasteiger partial charge in [0.2, 0.25) is 0 Å². The molecule has 1 fully saturated rings. The predicted molar refractivity (Wildman–Crippen MR) is 78.6 cm³/mol. The summed E-state index contributed by atoms with van der Waals surface area (Å²) in [7, 11) is 0. The molecule has 0 spiro atoms. The normalized spacial score (nSPS) is 21.4. The van der Waals surface area contributed by atoms with Crippen molar-refractivity contribution in [3.8, 4) is 0 Å².